The molecule has 0 N–H and O–H groups in total. The second-order valence-electron chi connectivity index (χ2n) is 7.48. The third-order valence-corrected chi connectivity index (χ3v) is 6.10. The van der Waals surface area contributed by atoms with E-state index < -0.39 is 9.84 Å². The summed E-state index contributed by atoms with van der Waals surface area (Å²) < 4.78 is 28.6. The van der Waals surface area contributed by atoms with Crippen molar-refractivity contribution in [2.24, 2.45) is 5.41 Å². The Labute approximate surface area is 155 Å². The lowest BCUT2D eigenvalue weighted by Gasteiger charge is -2.44. The lowest BCUT2D eigenvalue weighted by atomic mass is 9.80. The summed E-state index contributed by atoms with van der Waals surface area (Å²) in [6.07, 6.45) is 6.76. The van der Waals surface area contributed by atoms with Gasteiger partial charge >= 0.3 is 0 Å². The van der Waals surface area contributed by atoms with Crippen LogP contribution in [0.4, 0.5) is 5.69 Å². The van der Waals surface area contributed by atoms with Gasteiger partial charge in [0.2, 0.25) is 5.91 Å². The van der Waals surface area contributed by atoms with Crippen molar-refractivity contribution >= 4 is 21.4 Å². The molecule has 0 radical (unpaired) electrons. The number of anilines is 1. The minimum Gasteiger partial charge on any atom is -0.379 e. The van der Waals surface area contributed by atoms with Gasteiger partial charge in [0.15, 0.2) is 0 Å². The van der Waals surface area contributed by atoms with Crippen LogP contribution in [0.2, 0.25) is 0 Å². The quantitative estimate of drug-likeness (QED) is 0.773. The highest BCUT2D eigenvalue weighted by Gasteiger charge is 2.40. The Morgan fingerprint density at radius 2 is 2.19 bits per heavy atom. The zero-order chi connectivity index (χ0) is 18.6. The van der Waals surface area contributed by atoms with Gasteiger partial charge in [-0.05, 0) is 25.0 Å². The van der Waals surface area contributed by atoms with Crippen LogP contribution in [-0.4, -0.2) is 75.6 Å². The summed E-state index contributed by atoms with van der Waals surface area (Å²) in [7, 11) is -3.13. The van der Waals surface area contributed by atoms with Gasteiger partial charge in [0.05, 0.1) is 30.9 Å². The van der Waals surface area contributed by atoms with Gasteiger partial charge in [0.25, 0.3) is 0 Å². The number of sulfone groups is 1. The first-order valence-electron chi connectivity index (χ1n) is 9.05. The van der Waals surface area contributed by atoms with Crippen molar-refractivity contribution in [2.45, 2.75) is 19.3 Å². The monoisotopic (exact) mass is 381 g/mol. The van der Waals surface area contributed by atoms with Crippen molar-refractivity contribution in [1.29, 1.82) is 0 Å². The number of pyridine rings is 1. The van der Waals surface area contributed by atoms with E-state index in [1.54, 1.807) is 6.20 Å². The van der Waals surface area contributed by atoms with Gasteiger partial charge < -0.3 is 14.5 Å². The van der Waals surface area contributed by atoms with Crippen LogP contribution in [-0.2, 0) is 19.4 Å². The standard InChI is InChI=1S/C18H27N3O4S/c1-26(23,24)11-5-17(22)21-8-3-6-18(14-21)13-20(9-10-25-15-18)16-4-2-7-19-12-16/h2,4,7,12H,3,5-6,8-11,13-15H2,1H3. The summed E-state index contributed by atoms with van der Waals surface area (Å²) in [4.78, 5) is 20.8. The van der Waals surface area contributed by atoms with E-state index in [2.05, 4.69) is 9.88 Å². The highest BCUT2D eigenvalue weighted by molar-refractivity contribution is 7.90. The molecule has 2 fully saturated rings. The summed E-state index contributed by atoms with van der Waals surface area (Å²) >= 11 is 0. The second-order valence-corrected chi connectivity index (χ2v) is 9.74. The van der Waals surface area contributed by atoms with E-state index in [1.165, 1.54) is 6.26 Å². The Bertz CT molecular complexity index is 725. The topological polar surface area (TPSA) is 79.8 Å². The lowest BCUT2D eigenvalue weighted by Crippen LogP contribution is -2.52. The zero-order valence-corrected chi connectivity index (χ0v) is 16.1. The van der Waals surface area contributed by atoms with Crippen molar-refractivity contribution in [3.05, 3.63) is 24.5 Å². The van der Waals surface area contributed by atoms with Gasteiger partial charge in [-0.3, -0.25) is 9.78 Å². The molecule has 1 spiro atoms. The minimum atomic E-state index is -3.13. The normalized spacial score (nSPS) is 24.5. The molecule has 144 valence electrons. The number of rotatable bonds is 4. The maximum absolute atomic E-state index is 12.5. The molecule has 1 amide bonds. The summed E-state index contributed by atoms with van der Waals surface area (Å²) in [5.74, 6) is -0.167. The van der Waals surface area contributed by atoms with Crippen LogP contribution in [0.25, 0.3) is 0 Å². The number of piperidine rings is 1. The summed E-state index contributed by atoms with van der Waals surface area (Å²) in [5, 5.41) is 0. The van der Waals surface area contributed by atoms with Crippen LogP contribution in [0.1, 0.15) is 19.3 Å². The largest absolute Gasteiger partial charge is 0.379 e. The first-order chi connectivity index (χ1) is 12.4. The van der Waals surface area contributed by atoms with Crippen LogP contribution in [0.15, 0.2) is 24.5 Å². The molecule has 0 saturated carbocycles. The van der Waals surface area contributed by atoms with Crippen LogP contribution >= 0.6 is 0 Å². The predicted molar refractivity (Wildman–Crippen MR) is 99.8 cm³/mol. The SMILES string of the molecule is CS(=O)(=O)CCC(=O)N1CCCC2(COCCN(c3cccnc3)C2)C1. The van der Waals surface area contributed by atoms with Crippen LogP contribution < -0.4 is 4.90 Å². The van der Waals surface area contributed by atoms with Crippen molar-refractivity contribution in [3.8, 4) is 0 Å². The third-order valence-electron chi connectivity index (χ3n) is 5.15. The molecule has 8 heteroatoms. The summed E-state index contributed by atoms with van der Waals surface area (Å²) in [5.41, 5.74) is 0.948. The Morgan fingerprint density at radius 1 is 1.35 bits per heavy atom. The average molecular weight is 381 g/mol. The Balaban J connectivity index is 1.70. The van der Waals surface area contributed by atoms with Gasteiger partial charge in [0, 0.05) is 50.5 Å². The zero-order valence-electron chi connectivity index (χ0n) is 15.3. The number of amides is 1. The highest BCUT2D eigenvalue weighted by atomic mass is 32.2. The molecule has 7 nitrogen and oxygen atoms in total. The smallest absolute Gasteiger partial charge is 0.223 e. The third kappa shape index (κ3) is 4.94. The van der Waals surface area contributed by atoms with Gasteiger partial charge in [-0.2, -0.15) is 0 Å². The predicted octanol–water partition coefficient (Wildman–Crippen LogP) is 0.962. The fraction of sp³-hybridized carbons (Fsp3) is 0.667. The average Bonchev–Trinajstić information content (AvgIpc) is 2.82. The molecule has 1 atom stereocenters. The molecule has 0 bridgehead atoms. The van der Waals surface area contributed by atoms with E-state index in [1.807, 2.05) is 23.2 Å². The number of carbonyl (C=O) groups is 1. The highest BCUT2D eigenvalue weighted by Crippen LogP contribution is 2.34. The number of carbonyl (C=O) groups excluding carboxylic acids is 1. The Hall–Kier alpha value is -1.67. The van der Waals surface area contributed by atoms with Crippen molar-refractivity contribution in [1.82, 2.24) is 9.88 Å². The molecular formula is C18H27N3O4S. The van der Waals surface area contributed by atoms with Crippen molar-refractivity contribution < 1.29 is 17.9 Å². The van der Waals surface area contributed by atoms with E-state index in [-0.39, 0.29) is 23.5 Å². The van der Waals surface area contributed by atoms with E-state index in [0.717, 1.165) is 31.6 Å². The van der Waals surface area contributed by atoms with E-state index in [4.69, 9.17) is 4.74 Å². The molecule has 1 aromatic heterocycles. The molecule has 2 aliphatic heterocycles. The number of hydrogen-bond donors (Lipinski definition) is 0. The minimum absolute atomic E-state index is 0.0576. The fourth-order valence-electron chi connectivity index (χ4n) is 3.85. The summed E-state index contributed by atoms with van der Waals surface area (Å²) in [6.45, 7) is 4.20. The first kappa shape index (κ1) is 19.1. The summed E-state index contributed by atoms with van der Waals surface area (Å²) in [6, 6.07) is 3.97. The number of likely N-dealkylation sites (tertiary alicyclic amines) is 1. The molecule has 1 aromatic rings. The molecule has 3 heterocycles. The van der Waals surface area contributed by atoms with E-state index in [0.29, 0.717) is 26.3 Å². The molecule has 1 unspecified atom stereocenters. The molecular weight excluding hydrogens is 354 g/mol. The number of ether oxygens (including phenoxy) is 1. The Kier molecular flexibility index (Phi) is 5.82. The number of hydrogen-bond acceptors (Lipinski definition) is 6. The molecule has 0 aromatic carbocycles. The number of aromatic nitrogens is 1. The van der Waals surface area contributed by atoms with Crippen LogP contribution in [0, 0.1) is 5.41 Å². The molecule has 2 saturated heterocycles. The van der Waals surface area contributed by atoms with E-state index >= 15 is 0 Å². The van der Waals surface area contributed by atoms with Gasteiger partial charge in [-0.25, -0.2) is 8.42 Å². The first-order valence-corrected chi connectivity index (χ1v) is 11.1. The number of nitrogens with zero attached hydrogens (tertiary/aromatic N) is 3. The second kappa shape index (κ2) is 7.92. The molecule has 0 aliphatic carbocycles. The van der Waals surface area contributed by atoms with Crippen molar-refractivity contribution in [3.63, 3.8) is 0 Å². The maximum Gasteiger partial charge on any atom is 0.223 e. The van der Waals surface area contributed by atoms with Crippen molar-refractivity contribution in [2.75, 3.05) is 56.3 Å². The lowest BCUT2D eigenvalue weighted by molar-refractivity contribution is -0.135. The Morgan fingerprint density at radius 3 is 2.92 bits per heavy atom. The van der Waals surface area contributed by atoms with Gasteiger partial charge in [-0.1, -0.05) is 0 Å². The van der Waals surface area contributed by atoms with Gasteiger partial charge in [0.1, 0.15) is 9.84 Å². The van der Waals surface area contributed by atoms with Gasteiger partial charge in [-0.15, -0.1) is 0 Å². The van der Waals surface area contributed by atoms with Crippen LogP contribution in [0.5, 0.6) is 0 Å². The molecule has 3 rings (SSSR count). The fourth-order valence-corrected chi connectivity index (χ4v) is 4.40. The van der Waals surface area contributed by atoms with Crippen LogP contribution in [0.3, 0.4) is 0 Å². The molecule has 2 aliphatic rings. The van der Waals surface area contributed by atoms with E-state index in [9.17, 15) is 13.2 Å². The maximum atomic E-state index is 12.5. The molecule has 26 heavy (non-hydrogen) atoms.